The first-order chi connectivity index (χ1) is 7.25. The monoisotopic (exact) mass is 251 g/mol. The molecule has 0 aliphatic rings. The van der Waals surface area contributed by atoms with Crippen molar-refractivity contribution in [1.82, 2.24) is 14.3 Å². The summed E-state index contributed by atoms with van der Waals surface area (Å²) in [5.74, 6) is 0. The smallest absolute Gasteiger partial charge is 0.279 e. The summed E-state index contributed by atoms with van der Waals surface area (Å²) >= 11 is 0. The van der Waals surface area contributed by atoms with Crippen LogP contribution >= 0.6 is 0 Å². The van der Waals surface area contributed by atoms with E-state index in [2.05, 4.69) is 10.0 Å². The lowest BCUT2D eigenvalue weighted by molar-refractivity contribution is 0.396. The second-order valence-corrected chi connectivity index (χ2v) is 6.40. The molecular formula is C10H25N3O2S. The summed E-state index contributed by atoms with van der Waals surface area (Å²) in [5.41, 5.74) is -0.393. The first kappa shape index (κ1) is 15.8. The summed E-state index contributed by atoms with van der Waals surface area (Å²) in [7, 11) is 0.100. The number of nitrogens with one attached hydrogen (secondary N) is 2. The molecule has 0 aliphatic heterocycles. The van der Waals surface area contributed by atoms with Crippen LogP contribution in [0.5, 0.6) is 0 Å². The maximum absolute atomic E-state index is 11.9. The lowest BCUT2D eigenvalue weighted by Gasteiger charge is -2.27. The zero-order valence-electron chi connectivity index (χ0n) is 11.0. The largest absolute Gasteiger partial charge is 0.320 e. The first-order valence-electron chi connectivity index (χ1n) is 5.65. The highest BCUT2D eigenvalue weighted by Gasteiger charge is 2.25. The van der Waals surface area contributed by atoms with Crippen LogP contribution in [-0.4, -0.2) is 45.4 Å². The molecule has 0 aromatic carbocycles. The van der Waals surface area contributed by atoms with E-state index in [1.807, 2.05) is 27.8 Å². The van der Waals surface area contributed by atoms with Gasteiger partial charge in [-0.3, -0.25) is 0 Å². The van der Waals surface area contributed by atoms with E-state index >= 15 is 0 Å². The molecule has 5 nitrogen and oxygen atoms in total. The van der Waals surface area contributed by atoms with Crippen molar-refractivity contribution in [1.29, 1.82) is 0 Å². The molecule has 0 spiro atoms. The summed E-state index contributed by atoms with van der Waals surface area (Å²) < 4.78 is 27.8. The zero-order valence-corrected chi connectivity index (χ0v) is 11.8. The second-order valence-electron chi connectivity index (χ2n) is 4.62. The van der Waals surface area contributed by atoms with Crippen LogP contribution in [0, 0.1) is 0 Å². The van der Waals surface area contributed by atoms with Crippen LogP contribution in [0.1, 0.15) is 33.6 Å². The Morgan fingerprint density at radius 3 is 2.31 bits per heavy atom. The van der Waals surface area contributed by atoms with Crippen LogP contribution in [0.25, 0.3) is 0 Å². The summed E-state index contributed by atoms with van der Waals surface area (Å²) in [6.07, 6.45) is 1.57. The van der Waals surface area contributed by atoms with E-state index in [1.54, 1.807) is 7.05 Å². The molecule has 0 unspecified atom stereocenters. The Kier molecular flexibility index (Phi) is 6.47. The van der Waals surface area contributed by atoms with E-state index in [4.69, 9.17) is 0 Å². The van der Waals surface area contributed by atoms with Crippen LogP contribution in [0.15, 0.2) is 0 Å². The van der Waals surface area contributed by atoms with Crippen LogP contribution in [-0.2, 0) is 10.2 Å². The third kappa shape index (κ3) is 5.79. The van der Waals surface area contributed by atoms with Crippen molar-refractivity contribution in [3.8, 4) is 0 Å². The Morgan fingerprint density at radius 1 is 1.31 bits per heavy atom. The van der Waals surface area contributed by atoms with Gasteiger partial charge in [-0.25, -0.2) is 0 Å². The van der Waals surface area contributed by atoms with Gasteiger partial charge < -0.3 is 5.32 Å². The van der Waals surface area contributed by atoms with E-state index in [9.17, 15) is 8.42 Å². The third-order valence-corrected chi connectivity index (χ3v) is 4.41. The summed E-state index contributed by atoms with van der Waals surface area (Å²) in [5, 5.41) is 2.99. The average molecular weight is 251 g/mol. The molecule has 98 valence electrons. The maximum atomic E-state index is 11.9. The van der Waals surface area contributed by atoms with Gasteiger partial charge in [0, 0.05) is 19.1 Å². The van der Waals surface area contributed by atoms with Gasteiger partial charge in [0.1, 0.15) is 0 Å². The minimum Gasteiger partial charge on any atom is -0.320 e. The van der Waals surface area contributed by atoms with Crippen LogP contribution in [0.4, 0.5) is 0 Å². The summed E-state index contributed by atoms with van der Waals surface area (Å²) in [6.45, 7) is 7.06. The highest BCUT2D eigenvalue weighted by atomic mass is 32.2. The lowest BCUT2D eigenvalue weighted by Crippen LogP contribution is -2.49. The van der Waals surface area contributed by atoms with Crippen LogP contribution in [0.3, 0.4) is 0 Å². The number of nitrogens with zero attached hydrogens (tertiary/aromatic N) is 1. The van der Waals surface area contributed by atoms with Crippen molar-refractivity contribution in [3.05, 3.63) is 0 Å². The Labute approximate surface area is 99.8 Å². The number of hydrogen-bond acceptors (Lipinski definition) is 3. The Hall–Kier alpha value is -0.170. The molecular weight excluding hydrogens is 226 g/mol. The molecule has 16 heavy (non-hydrogen) atoms. The zero-order chi connectivity index (χ0) is 12.8. The van der Waals surface area contributed by atoms with E-state index in [0.717, 1.165) is 19.4 Å². The molecule has 0 saturated heterocycles. The molecule has 0 rings (SSSR count). The number of rotatable bonds is 8. The molecule has 0 radical (unpaired) electrons. The lowest BCUT2D eigenvalue weighted by atomic mass is 10.0. The fourth-order valence-corrected chi connectivity index (χ4v) is 2.47. The quantitative estimate of drug-likeness (QED) is 0.619. The van der Waals surface area contributed by atoms with Gasteiger partial charge in [-0.1, -0.05) is 6.92 Å². The molecule has 0 atom stereocenters. The van der Waals surface area contributed by atoms with Crippen LogP contribution in [0.2, 0.25) is 0 Å². The fourth-order valence-electron chi connectivity index (χ4n) is 1.10. The van der Waals surface area contributed by atoms with Gasteiger partial charge in [-0.05, 0) is 40.3 Å². The second kappa shape index (κ2) is 6.54. The standard InChI is InChI=1S/C10H25N3O2S/c1-6-10(2,3)12-16(14,15)13(5)9-7-8-11-4/h11-12H,6-9H2,1-5H3. The molecule has 0 saturated carbocycles. The van der Waals surface area contributed by atoms with Gasteiger partial charge in [-0.2, -0.15) is 17.4 Å². The van der Waals surface area contributed by atoms with E-state index in [-0.39, 0.29) is 0 Å². The van der Waals surface area contributed by atoms with Gasteiger partial charge in [0.25, 0.3) is 10.2 Å². The molecule has 0 fully saturated rings. The van der Waals surface area contributed by atoms with Crippen molar-refractivity contribution in [2.75, 3.05) is 27.2 Å². The molecule has 2 N–H and O–H groups in total. The topological polar surface area (TPSA) is 61.4 Å². The van der Waals surface area contributed by atoms with Crippen molar-refractivity contribution in [2.24, 2.45) is 0 Å². The van der Waals surface area contributed by atoms with Crippen molar-refractivity contribution in [2.45, 2.75) is 39.2 Å². The highest BCUT2D eigenvalue weighted by Crippen LogP contribution is 2.10. The van der Waals surface area contributed by atoms with Gasteiger partial charge in [0.2, 0.25) is 0 Å². The first-order valence-corrected chi connectivity index (χ1v) is 7.09. The SMILES string of the molecule is CCC(C)(C)NS(=O)(=O)N(C)CCCNC. The molecule has 0 bridgehead atoms. The average Bonchev–Trinajstić information content (AvgIpc) is 2.16. The Morgan fingerprint density at radius 2 is 1.88 bits per heavy atom. The molecule has 0 aromatic heterocycles. The molecule has 0 heterocycles. The van der Waals surface area contributed by atoms with Gasteiger partial charge in [0.05, 0.1) is 0 Å². The third-order valence-electron chi connectivity index (χ3n) is 2.60. The minimum atomic E-state index is -3.35. The predicted molar refractivity (Wildman–Crippen MR) is 67.6 cm³/mol. The van der Waals surface area contributed by atoms with Gasteiger partial charge in [-0.15, -0.1) is 0 Å². The predicted octanol–water partition coefficient (Wildman–Crippen LogP) is 0.551. The van der Waals surface area contributed by atoms with E-state index in [0.29, 0.717) is 6.54 Å². The van der Waals surface area contributed by atoms with Crippen molar-refractivity contribution >= 4 is 10.2 Å². The van der Waals surface area contributed by atoms with Crippen LogP contribution < -0.4 is 10.0 Å². The molecule has 6 heteroatoms. The van der Waals surface area contributed by atoms with E-state index in [1.165, 1.54) is 4.31 Å². The Bertz CT molecular complexity index is 288. The van der Waals surface area contributed by atoms with Crippen molar-refractivity contribution in [3.63, 3.8) is 0 Å². The normalized spacial score (nSPS) is 13.4. The summed E-state index contributed by atoms with van der Waals surface area (Å²) in [4.78, 5) is 0. The fraction of sp³-hybridized carbons (Fsp3) is 1.00. The van der Waals surface area contributed by atoms with E-state index < -0.39 is 15.7 Å². The summed E-state index contributed by atoms with van der Waals surface area (Å²) in [6, 6.07) is 0. The minimum absolute atomic E-state index is 0.393. The maximum Gasteiger partial charge on any atom is 0.279 e. The molecule has 0 aliphatic carbocycles. The molecule has 0 aromatic rings. The Balaban J connectivity index is 4.32. The van der Waals surface area contributed by atoms with Gasteiger partial charge in [0.15, 0.2) is 0 Å². The number of hydrogen-bond donors (Lipinski definition) is 2. The highest BCUT2D eigenvalue weighted by molar-refractivity contribution is 7.87. The van der Waals surface area contributed by atoms with Gasteiger partial charge >= 0.3 is 0 Å². The molecule has 0 amide bonds. The van der Waals surface area contributed by atoms with Crippen molar-refractivity contribution < 1.29 is 8.42 Å².